The highest BCUT2D eigenvalue weighted by Gasteiger charge is 2.32. The van der Waals surface area contributed by atoms with E-state index in [0.717, 1.165) is 12.1 Å². The smallest absolute Gasteiger partial charge is 0.393 e. The summed E-state index contributed by atoms with van der Waals surface area (Å²) >= 11 is 0. The van der Waals surface area contributed by atoms with Gasteiger partial charge in [0.1, 0.15) is 17.2 Å². The minimum atomic E-state index is -4.48. The van der Waals surface area contributed by atoms with Crippen LogP contribution in [0.4, 0.5) is 24.8 Å². The Morgan fingerprint density at radius 1 is 1.20 bits per heavy atom. The van der Waals surface area contributed by atoms with E-state index in [-0.39, 0.29) is 18.2 Å². The molecule has 1 aromatic rings. The molecule has 0 aliphatic carbocycles. The first-order chi connectivity index (χ1) is 9.18. The molecular formula is C12H18F3N3O2. The Morgan fingerprint density at radius 3 is 2.20 bits per heavy atom. The van der Waals surface area contributed by atoms with Crippen molar-refractivity contribution in [3.05, 3.63) is 17.7 Å². The van der Waals surface area contributed by atoms with E-state index in [1.165, 1.54) is 6.92 Å². The number of aliphatic hydroxyl groups is 2. The van der Waals surface area contributed by atoms with Crippen LogP contribution in [-0.4, -0.2) is 40.5 Å². The summed E-state index contributed by atoms with van der Waals surface area (Å²) in [5.74, 6) is 0.0676. The van der Waals surface area contributed by atoms with Crippen molar-refractivity contribution in [2.75, 3.05) is 30.3 Å². The summed E-state index contributed by atoms with van der Waals surface area (Å²) in [4.78, 5) is 3.96. The molecule has 0 bridgehead atoms. The zero-order valence-electron chi connectivity index (χ0n) is 11.3. The van der Waals surface area contributed by atoms with Crippen molar-refractivity contribution in [3.63, 3.8) is 0 Å². The molecule has 0 radical (unpaired) electrons. The van der Waals surface area contributed by atoms with Crippen LogP contribution in [0.2, 0.25) is 0 Å². The van der Waals surface area contributed by atoms with Crippen LogP contribution in [0.1, 0.15) is 19.4 Å². The topological polar surface area (TPSA) is 77.4 Å². The molecule has 0 aliphatic heterocycles. The lowest BCUT2D eigenvalue weighted by Crippen LogP contribution is -2.37. The second-order valence-corrected chi connectivity index (χ2v) is 4.66. The van der Waals surface area contributed by atoms with Crippen LogP contribution in [0.5, 0.6) is 0 Å². The summed E-state index contributed by atoms with van der Waals surface area (Å²) < 4.78 is 38.3. The SMILES string of the molecule is CCNc1cc(C(F)(F)F)cc(NCC(C)(O)CO)n1. The molecule has 5 nitrogen and oxygen atoms in total. The van der Waals surface area contributed by atoms with Gasteiger partial charge in [0.15, 0.2) is 0 Å². The van der Waals surface area contributed by atoms with Gasteiger partial charge in [0.05, 0.1) is 12.2 Å². The second kappa shape index (κ2) is 6.27. The van der Waals surface area contributed by atoms with Gasteiger partial charge >= 0.3 is 6.18 Å². The van der Waals surface area contributed by atoms with Gasteiger partial charge < -0.3 is 20.8 Å². The molecule has 0 aliphatic rings. The fraction of sp³-hybridized carbons (Fsp3) is 0.583. The molecule has 8 heteroatoms. The van der Waals surface area contributed by atoms with Crippen LogP contribution in [0.25, 0.3) is 0 Å². The van der Waals surface area contributed by atoms with Gasteiger partial charge in [0.25, 0.3) is 0 Å². The molecule has 1 atom stereocenters. The Hall–Kier alpha value is -1.54. The highest BCUT2D eigenvalue weighted by Crippen LogP contribution is 2.32. The average Bonchev–Trinajstić information content (AvgIpc) is 2.36. The van der Waals surface area contributed by atoms with Crippen molar-refractivity contribution in [3.8, 4) is 0 Å². The summed E-state index contributed by atoms with van der Waals surface area (Å²) in [6.07, 6.45) is -4.48. The molecule has 0 aromatic carbocycles. The van der Waals surface area contributed by atoms with Crippen LogP contribution in [-0.2, 0) is 6.18 Å². The lowest BCUT2D eigenvalue weighted by molar-refractivity contribution is -0.137. The lowest BCUT2D eigenvalue weighted by atomic mass is 10.1. The Labute approximate surface area is 114 Å². The maximum Gasteiger partial charge on any atom is 0.416 e. The zero-order chi connectivity index (χ0) is 15.4. The van der Waals surface area contributed by atoms with Crippen molar-refractivity contribution in [1.29, 1.82) is 0 Å². The van der Waals surface area contributed by atoms with Gasteiger partial charge in [0.2, 0.25) is 0 Å². The van der Waals surface area contributed by atoms with E-state index >= 15 is 0 Å². The highest BCUT2D eigenvalue weighted by atomic mass is 19.4. The van der Waals surface area contributed by atoms with Gasteiger partial charge in [-0.3, -0.25) is 0 Å². The summed E-state index contributed by atoms with van der Waals surface area (Å²) in [5.41, 5.74) is -2.27. The number of hydrogen-bond acceptors (Lipinski definition) is 5. The number of alkyl halides is 3. The van der Waals surface area contributed by atoms with E-state index in [9.17, 15) is 18.3 Å². The Balaban J connectivity index is 2.97. The number of nitrogens with zero attached hydrogens (tertiary/aromatic N) is 1. The van der Waals surface area contributed by atoms with Crippen molar-refractivity contribution in [2.24, 2.45) is 0 Å². The predicted octanol–water partition coefficient (Wildman–Crippen LogP) is 1.69. The Kier molecular flexibility index (Phi) is 5.18. The molecular weight excluding hydrogens is 275 g/mol. The van der Waals surface area contributed by atoms with Crippen LogP contribution >= 0.6 is 0 Å². The second-order valence-electron chi connectivity index (χ2n) is 4.66. The fourth-order valence-corrected chi connectivity index (χ4v) is 1.39. The summed E-state index contributed by atoms with van der Waals surface area (Å²) in [7, 11) is 0. The molecule has 20 heavy (non-hydrogen) atoms. The molecule has 1 rings (SSSR count). The molecule has 1 heterocycles. The molecule has 0 amide bonds. The molecule has 0 spiro atoms. The van der Waals surface area contributed by atoms with Crippen LogP contribution in [0.3, 0.4) is 0 Å². The van der Waals surface area contributed by atoms with E-state index in [1.807, 2.05) is 0 Å². The largest absolute Gasteiger partial charge is 0.416 e. The normalized spacial score (nSPS) is 14.8. The zero-order valence-corrected chi connectivity index (χ0v) is 11.3. The van der Waals surface area contributed by atoms with Crippen LogP contribution < -0.4 is 10.6 Å². The number of aromatic nitrogens is 1. The number of aliphatic hydroxyl groups excluding tert-OH is 1. The highest BCUT2D eigenvalue weighted by molar-refractivity contribution is 5.49. The maximum absolute atomic E-state index is 12.8. The van der Waals surface area contributed by atoms with E-state index in [0.29, 0.717) is 6.54 Å². The Morgan fingerprint density at radius 2 is 1.75 bits per heavy atom. The standard InChI is InChI=1S/C12H18F3N3O2/c1-3-16-9-4-8(12(13,14)15)5-10(18-9)17-6-11(2,20)7-19/h4-5,19-20H,3,6-7H2,1-2H3,(H2,16,17,18). The quantitative estimate of drug-likeness (QED) is 0.642. The predicted molar refractivity (Wildman–Crippen MR) is 69.6 cm³/mol. The molecule has 114 valence electrons. The van der Waals surface area contributed by atoms with Gasteiger partial charge in [-0.15, -0.1) is 0 Å². The molecule has 0 saturated heterocycles. The Bertz CT molecular complexity index is 450. The summed E-state index contributed by atoms with van der Waals surface area (Å²) in [6.45, 7) is 2.90. The number of anilines is 2. The van der Waals surface area contributed by atoms with Crippen molar-refractivity contribution < 1.29 is 23.4 Å². The minimum Gasteiger partial charge on any atom is -0.393 e. The van der Waals surface area contributed by atoms with E-state index in [4.69, 9.17) is 5.11 Å². The third-order valence-electron chi connectivity index (χ3n) is 2.50. The molecule has 0 saturated carbocycles. The third kappa shape index (κ3) is 4.86. The summed E-state index contributed by atoms with van der Waals surface area (Å²) in [5, 5.41) is 23.8. The van der Waals surface area contributed by atoms with Gasteiger partial charge in [-0.2, -0.15) is 13.2 Å². The summed E-state index contributed by atoms with van der Waals surface area (Å²) in [6, 6.07) is 1.77. The van der Waals surface area contributed by atoms with Crippen molar-refractivity contribution >= 4 is 11.6 Å². The maximum atomic E-state index is 12.8. The molecule has 4 N–H and O–H groups in total. The average molecular weight is 293 g/mol. The van der Waals surface area contributed by atoms with E-state index in [2.05, 4.69) is 15.6 Å². The van der Waals surface area contributed by atoms with Gasteiger partial charge in [0, 0.05) is 13.1 Å². The number of hydrogen-bond donors (Lipinski definition) is 4. The third-order valence-corrected chi connectivity index (χ3v) is 2.50. The van der Waals surface area contributed by atoms with Gasteiger partial charge in [-0.25, -0.2) is 4.98 Å². The molecule has 0 fully saturated rings. The van der Waals surface area contributed by atoms with Crippen molar-refractivity contribution in [1.82, 2.24) is 4.98 Å². The first kappa shape index (κ1) is 16.5. The first-order valence-corrected chi connectivity index (χ1v) is 6.08. The first-order valence-electron chi connectivity index (χ1n) is 6.08. The fourth-order valence-electron chi connectivity index (χ4n) is 1.39. The molecule has 1 unspecified atom stereocenters. The van der Waals surface area contributed by atoms with Crippen LogP contribution in [0, 0.1) is 0 Å². The van der Waals surface area contributed by atoms with Gasteiger partial charge in [-0.1, -0.05) is 0 Å². The monoisotopic (exact) mass is 293 g/mol. The number of halogens is 3. The van der Waals surface area contributed by atoms with Gasteiger partial charge in [-0.05, 0) is 26.0 Å². The minimum absolute atomic E-state index is 0.0236. The van der Waals surface area contributed by atoms with Crippen LogP contribution in [0.15, 0.2) is 12.1 Å². The number of rotatable bonds is 6. The molecule has 1 aromatic heterocycles. The van der Waals surface area contributed by atoms with E-state index < -0.39 is 23.9 Å². The van der Waals surface area contributed by atoms with Crippen molar-refractivity contribution in [2.45, 2.75) is 25.6 Å². The number of pyridine rings is 1. The van der Waals surface area contributed by atoms with E-state index in [1.54, 1.807) is 6.92 Å². The lowest BCUT2D eigenvalue weighted by Gasteiger charge is -2.21. The number of nitrogens with one attached hydrogen (secondary N) is 2.